The van der Waals surface area contributed by atoms with Crippen molar-refractivity contribution in [3.63, 3.8) is 0 Å². The van der Waals surface area contributed by atoms with Gasteiger partial charge in [0, 0.05) is 17.8 Å². The van der Waals surface area contributed by atoms with E-state index in [-0.39, 0.29) is 13.2 Å². The predicted octanol–water partition coefficient (Wildman–Crippen LogP) is 1.37. The van der Waals surface area contributed by atoms with Gasteiger partial charge in [0.05, 0.1) is 0 Å². The Morgan fingerprint density at radius 3 is 2.44 bits per heavy atom. The number of aliphatic hydroxyl groups excluding tert-OH is 1. The van der Waals surface area contributed by atoms with E-state index in [0.717, 1.165) is 0 Å². The van der Waals surface area contributed by atoms with Gasteiger partial charge in [-0.3, -0.25) is 0 Å². The molecule has 0 aromatic rings. The van der Waals surface area contributed by atoms with Gasteiger partial charge < -0.3 is 14.6 Å². The first-order valence-corrected chi connectivity index (χ1v) is 5.69. The molecule has 0 aliphatic rings. The molecule has 5 heteroatoms. The first kappa shape index (κ1) is 16.4. The number of carbonyl (C=O) groups is 2. The highest BCUT2D eigenvalue weighted by molar-refractivity contribution is 5.88. The molecule has 18 heavy (non-hydrogen) atoms. The van der Waals surface area contributed by atoms with Crippen molar-refractivity contribution in [2.45, 2.75) is 33.3 Å². The van der Waals surface area contributed by atoms with Crippen molar-refractivity contribution in [2.75, 3.05) is 13.2 Å². The van der Waals surface area contributed by atoms with Gasteiger partial charge in [0.25, 0.3) is 0 Å². The van der Waals surface area contributed by atoms with Crippen LogP contribution in [0.25, 0.3) is 0 Å². The molecule has 0 spiro atoms. The number of ether oxygens (including phenoxy) is 2. The average Bonchev–Trinajstić information content (AvgIpc) is 2.32. The lowest BCUT2D eigenvalue weighted by Crippen LogP contribution is -2.23. The van der Waals surface area contributed by atoms with Gasteiger partial charge in [-0.15, -0.1) is 0 Å². The smallest absolute Gasteiger partial charge is 0.333 e. The summed E-state index contributed by atoms with van der Waals surface area (Å²) in [5.74, 6) is -0.993. The average molecular weight is 256 g/mol. The molecule has 0 aliphatic carbocycles. The second kappa shape index (κ2) is 8.47. The molecule has 1 atom stereocenters. The third kappa shape index (κ3) is 6.85. The van der Waals surface area contributed by atoms with Crippen molar-refractivity contribution in [1.82, 2.24) is 0 Å². The molecule has 5 nitrogen and oxygen atoms in total. The van der Waals surface area contributed by atoms with Gasteiger partial charge in [-0.25, -0.2) is 9.59 Å². The Morgan fingerprint density at radius 1 is 1.33 bits per heavy atom. The quantitative estimate of drug-likeness (QED) is 0.550. The van der Waals surface area contributed by atoms with Gasteiger partial charge in [0.1, 0.15) is 12.7 Å². The second-order valence-corrected chi connectivity index (χ2v) is 3.99. The number of esters is 2. The largest absolute Gasteiger partial charge is 0.458 e. The molecule has 0 heterocycles. The normalized spacial score (nSPS) is 12.8. The topological polar surface area (TPSA) is 72.8 Å². The zero-order valence-corrected chi connectivity index (χ0v) is 11.1. The van der Waals surface area contributed by atoms with Crippen molar-refractivity contribution in [3.05, 3.63) is 23.8 Å². The van der Waals surface area contributed by atoms with Crippen LogP contribution in [0.4, 0.5) is 0 Å². The highest BCUT2D eigenvalue weighted by Crippen LogP contribution is 2.03. The maximum Gasteiger partial charge on any atom is 0.333 e. The molecule has 1 N–H and O–H groups in total. The van der Waals surface area contributed by atoms with Crippen molar-refractivity contribution in [3.8, 4) is 0 Å². The number of rotatable bonds is 7. The lowest BCUT2D eigenvalue weighted by Gasteiger charge is -2.13. The molecule has 102 valence electrons. The summed E-state index contributed by atoms with van der Waals surface area (Å²) in [6.07, 6.45) is 1.47. The minimum atomic E-state index is -0.529. The zero-order valence-electron chi connectivity index (χ0n) is 11.1. The van der Waals surface area contributed by atoms with Crippen molar-refractivity contribution < 1.29 is 24.2 Å². The summed E-state index contributed by atoms with van der Waals surface area (Å²) >= 11 is 0. The standard InChI is InChI=1S/C13H20O5/c1-9(2)12(15)17-8-11(4)18-13(16)10(3)6-5-7-14/h6,11,14H,1,5,7-8H2,2-4H3. The minimum Gasteiger partial charge on any atom is -0.458 e. The SMILES string of the molecule is C=C(C)C(=O)OCC(C)OC(=O)C(C)=CCCO. The molecule has 1 unspecified atom stereocenters. The van der Waals surface area contributed by atoms with Crippen molar-refractivity contribution >= 4 is 11.9 Å². The first-order chi connectivity index (χ1) is 8.38. The summed E-state index contributed by atoms with van der Waals surface area (Å²) in [5.41, 5.74) is 0.717. The summed E-state index contributed by atoms with van der Waals surface area (Å²) in [7, 11) is 0. The lowest BCUT2D eigenvalue weighted by molar-refractivity contribution is -0.152. The summed E-state index contributed by atoms with van der Waals surface area (Å²) in [5, 5.41) is 8.61. The van der Waals surface area contributed by atoms with Crippen molar-refractivity contribution in [2.24, 2.45) is 0 Å². The van der Waals surface area contributed by atoms with Crippen LogP contribution in [0.3, 0.4) is 0 Å². The van der Waals surface area contributed by atoms with Crippen molar-refractivity contribution in [1.29, 1.82) is 0 Å². The van der Waals surface area contributed by atoms with Gasteiger partial charge >= 0.3 is 11.9 Å². The van der Waals surface area contributed by atoms with Crippen LogP contribution in [-0.4, -0.2) is 36.4 Å². The van der Waals surface area contributed by atoms with Gasteiger partial charge in [-0.05, 0) is 27.2 Å². The van der Waals surface area contributed by atoms with Crippen LogP contribution >= 0.6 is 0 Å². The summed E-state index contributed by atoms with van der Waals surface area (Å²) in [6, 6.07) is 0. The molecule has 0 aromatic heterocycles. The molecule has 0 aliphatic heterocycles. The number of carbonyl (C=O) groups excluding carboxylic acids is 2. The molecule has 0 aromatic carbocycles. The Bertz CT molecular complexity index is 343. The van der Waals surface area contributed by atoms with Gasteiger partial charge in [0.15, 0.2) is 0 Å². The third-order valence-electron chi connectivity index (χ3n) is 2.01. The zero-order chi connectivity index (χ0) is 14.1. The molecule has 0 saturated heterocycles. The molecule has 0 saturated carbocycles. The molecule has 0 fully saturated rings. The molecule has 0 bridgehead atoms. The van der Waals surface area contributed by atoms with E-state index in [1.807, 2.05) is 0 Å². The van der Waals surface area contributed by atoms with E-state index in [1.54, 1.807) is 26.8 Å². The van der Waals surface area contributed by atoms with Gasteiger partial charge in [-0.1, -0.05) is 12.7 Å². The highest BCUT2D eigenvalue weighted by Gasteiger charge is 2.13. The predicted molar refractivity (Wildman–Crippen MR) is 66.8 cm³/mol. The summed E-state index contributed by atoms with van der Waals surface area (Å²) < 4.78 is 9.90. The van der Waals surface area contributed by atoms with E-state index in [1.165, 1.54) is 0 Å². The Balaban J connectivity index is 4.08. The fraction of sp³-hybridized carbons (Fsp3) is 0.538. The van der Waals surface area contributed by atoms with E-state index in [9.17, 15) is 9.59 Å². The first-order valence-electron chi connectivity index (χ1n) is 5.69. The Kier molecular flexibility index (Phi) is 7.71. The van der Waals surface area contributed by atoms with Gasteiger partial charge in [-0.2, -0.15) is 0 Å². The van der Waals surface area contributed by atoms with E-state index in [4.69, 9.17) is 14.6 Å². The molecule has 0 amide bonds. The maximum absolute atomic E-state index is 11.5. The monoisotopic (exact) mass is 256 g/mol. The summed E-state index contributed by atoms with van der Waals surface area (Å²) in [4.78, 5) is 22.6. The highest BCUT2D eigenvalue weighted by atomic mass is 16.6. The molecule has 0 rings (SSSR count). The van der Waals surface area contributed by atoms with Crippen LogP contribution in [-0.2, 0) is 19.1 Å². The van der Waals surface area contributed by atoms with Crippen LogP contribution < -0.4 is 0 Å². The van der Waals surface area contributed by atoms with Crippen LogP contribution in [0, 0.1) is 0 Å². The summed E-state index contributed by atoms with van der Waals surface area (Å²) in [6.45, 7) is 8.19. The lowest BCUT2D eigenvalue weighted by atomic mass is 10.2. The van der Waals surface area contributed by atoms with E-state index >= 15 is 0 Å². The van der Waals surface area contributed by atoms with Crippen LogP contribution in [0.5, 0.6) is 0 Å². The fourth-order valence-corrected chi connectivity index (χ4v) is 0.990. The van der Waals surface area contributed by atoms with E-state index < -0.39 is 18.0 Å². The third-order valence-corrected chi connectivity index (χ3v) is 2.01. The Morgan fingerprint density at radius 2 is 1.94 bits per heavy atom. The fourth-order valence-electron chi connectivity index (χ4n) is 0.990. The Labute approximate surface area is 107 Å². The van der Waals surface area contributed by atoms with Gasteiger partial charge in [0.2, 0.25) is 0 Å². The van der Waals surface area contributed by atoms with E-state index in [2.05, 4.69) is 6.58 Å². The molecular formula is C13H20O5. The van der Waals surface area contributed by atoms with E-state index in [0.29, 0.717) is 17.6 Å². The molecule has 0 radical (unpaired) electrons. The number of hydrogen-bond donors (Lipinski definition) is 1. The maximum atomic E-state index is 11.5. The van der Waals surface area contributed by atoms with Crippen LogP contribution in [0.1, 0.15) is 27.2 Å². The number of hydrogen-bond acceptors (Lipinski definition) is 5. The van der Waals surface area contributed by atoms with Crippen LogP contribution in [0.2, 0.25) is 0 Å². The second-order valence-electron chi connectivity index (χ2n) is 3.99. The molecular weight excluding hydrogens is 236 g/mol. The van der Waals surface area contributed by atoms with Crippen LogP contribution in [0.15, 0.2) is 23.8 Å². The Hall–Kier alpha value is -1.62. The minimum absolute atomic E-state index is 0.00921. The number of aliphatic hydroxyl groups is 1.